The van der Waals surface area contributed by atoms with Crippen LogP contribution in [0.3, 0.4) is 0 Å². The van der Waals surface area contributed by atoms with Crippen LogP contribution in [0.15, 0.2) is 47.4 Å². The maximum absolute atomic E-state index is 12.5. The van der Waals surface area contributed by atoms with Crippen LogP contribution in [0.4, 0.5) is 0 Å². The lowest BCUT2D eigenvalue weighted by atomic mass is 10.1. The summed E-state index contributed by atoms with van der Waals surface area (Å²) in [4.78, 5) is 3.70. The Morgan fingerprint density at radius 2 is 1.79 bits per heavy atom. The van der Waals surface area contributed by atoms with Crippen LogP contribution in [0.25, 0.3) is 10.9 Å². The molecule has 1 heterocycles. The molecule has 5 heteroatoms. The number of H-pyrrole nitrogens is 1. The van der Waals surface area contributed by atoms with Crippen LogP contribution in [0, 0.1) is 20.8 Å². The second-order valence-corrected chi connectivity index (χ2v) is 7.93. The molecule has 126 valence electrons. The number of aromatic amines is 1. The molecule has 0 aliphatic carbocycles. The van der Waals surface area contributed by atoms with Gasteiger partial charge in [-0.1, -0.05) is 35.9 Å². The number of aromatic nitrogens is 1. The molecule has 0 fully saturated rings. The number of hydrogen-bond donors (Lipinski definition) is 2. The van der Waals surface area contributed by atoms with Crippen LogP contribution in [-0.2, 0) is 16.4 Å². The molecule has 4 nitrogen and oxygen atoms in total. The fraction of sp³-hybridized carbons (Fsp3) is 0.263. The van der Waals surface area contributed by atoms with Crippen molar-refractivity contribution in [3.05, 3.63) is 64.8 Å². The first-order valence-corrected chi connectivity index (χ1v) is 9.50. The highest BCUT2D eigenvalue weighted by Gasteiger charge is 2.17. The average Bonchev–Trinajstić information content (AvgIpc) is 2.83. The summed E-state index contributed by atoms with van der Waals surface area (Å²) in [6, 6.07) is 13.5. The monoisotopic (exact) mass is 342 g/mol. The lowest BCUT2D eigenvalue weighted by Gasteiger charge is -2.10. The van der Waals surface area contributed by atoms with Crippen molar-refractivity contribution in [2.24, 2.45) is 0 Å². The third-order valence-corrected chi connectivity index (χ3v) is 5.94. The molecule has 0 amide bonds. The third kappa shape index (κ3) is 3.23. The number of sulfonamides is 1. The van der Waals surface area contributed by atoms with E-state index >= 15 is 0 Å². The first-order chi connectivity index (χ1) is 11.4. The van der Waals surface area contributed by atoms with Gasteiger partial charge in [0.25, 0.3) is 0 Å². The molecule has 0 saturated heterocycles. The van der Waals surface area contributed by atoms with E-state index in [0.717, 1.165) is 33.3 Å². The molecule has 2 aromatic carbocycles. The van der Waals surface area contributed by atoms with E-state index in [-0.39, 0.29) is 0 Å². The summed E-state index contributed by atoms with van der Waals surface area (Å²) in [6.45, 7) is 6.17. The summed E-state index contributed by atoms with van der Waals surface area (Å²) in [5.41, 5.74) is 5.16. The molecule has 0 aliphatic heterocycles. The normalized spacial score (nSPS) is 12.0. The molecule has 0 atom stereocenters. The molecule has 3 rings (SSSR count). The van der Waals surface area contributed by atoms with Gasteiger partial charge in [0.15, 0.2) is 0 Å². The molecule has 0 bridgehead atoms. The first kappa shape index (κ1) is 16.7. The Hall–Kier alpha value is -2.11. The zero-order valence-electron chi connectivity index (χ0n) is 14.2. The van der Waals surface area contributed by atoms with Crippen molar-refractivity contribution in [2.45, 2.75) is 32.1 Å². The Balaban J connectivity index is 1.76. The van der Waals surface area contributed by atoms with Crippen LogP contribution >= 0.6 is 0 Å². The summed E-state index contributed by atoms with van der Waals surface area (Å²) in [5, 5.41) is 1.15. The first-order valence-electron chi connectivity index (χ1n) is 8.01. The van der Waals surface area contributed by atoms with E-state index in [1.807, 2.05) is 51.1 Å². The Labute approximate surface area is 143 Å². The van der Waals surface area contributed by atoms with Crippen LogP contribution in [0.1, 0.15) is 22.4 Å². The van der Waals surface area contributed by atoms with E-state index in [1.165, 1.54) is 0 Å². The summed E-state index contributed by atoms with van der Waals surface area (Å²) in [6.07, 6.45) is 0.653. The molecule has 0 spiro atoms. The van der Waals surface area contributed by atoms with Crippen LogP contribution in [0.2, 0.25) is 0 Å². The highest BCUT2D eigenvalue weighted by Crippen LogP contribution is 2.22. The van der Waals surface area contributed by atoms with Crippen LogP contribution < -0.4 is 4.72 Å². The fourth-order valence-electron chi connectivity index (χ4n) is 3.15. The van der Waals surface area contributed by atoms with Gasteiger partial charge in [0, 0.05) is 23.1 Å². The number of aryl methyl sites for hydroxylation is 3. The zero-order chi connectivity index (χ0) is 17.3. The van der Waals surface area contributed by atoms with Crippen molar-refractivity contribution in [3.63, 3.8) is 0 Å². The van der Waals surface area contributed by atoms with E-state index in [2.05, 4.69) is 15.8 Å². The molecule has 2 N–H and O–H groups in total. The van der Waals surface area contributed by atoms with Gasteiger partial charge in [-0.05, 0) is 50.5 Å². The van der Waals surface area contributed by atoms with Crippen LogP contribution in [0.5, 0.6) is 0 Å². The number of benzene rings is 2. The van der Waals surface area contributed by atoms with Crippen molar-refractivity contribution in [2.75, 3.05) is 6.54 Å². The third-order valence-electron chi connectivity index (χ3n) is 4.31. The van der Waals surface area contributed by atoms with Crippen molar-refractivity contribution in [1.82, 2.24) is 9.71 Å². The molecule has 1 aromatic heterocycles. The number of fused-ring (bicyclic) bond motifs is 1. The fourth-order valence-corrected chi connectivity index (χ4v) is 4.40. The van der Waals surface area contributed by atoms with Crippen molar-refractivity contribution in [3.8, 4) is 0 Å². The van der Waals surface area contributed by atoms with Gasteiger partial charge in [-0.25, -0.2) is 13.1 Å². The van der Waals surface area contributed by atoms with Crippen molar-refractivity contribution in [1.29, 1.82) is 0 Å². The molecule has 0 saturated carbocycles. The molecule has 3 aromatic rings. The minimum Gasteiger partial charge on any atom is -0.358 e. The number of hydrogen-bond acceptors (Lipinski definition) is 2. The number of para-hydroxylation sites is 1. The van der Waals surface area contributed by atoms with Crippen molar-refractivity contribution < 1.29 is 8.42 Å². The standard InChI is InChI=1S/C19H22N2O2S/c1-13-8-9-19(14(2)12-13)24(22,23)20-11-10-16-15(3)21-18-7-5-4-6-17(16)18/h4-9,12,20-21H,10-11H2,1-3H3. The molecule has 0 radical (unpaired) electrons. The van der Waals surface area contributed by atoms with E-state index in [1.54, 1.807) is 6.07 Å². The van der Waals surface area contributed by atoms with E-state index in [9.17, 15) is 8.42 Å². The number of nitrogens with one attached hydrogen (secondary N) is 2. The summed E-state index contributed by atoms with van der Waals surface area (Å²) < 4.78 is 27.8. The van der Waals surface area contributed by atoms with Gasteiger partial charge in [-0.15, -0.1) is 0 Å². The summed E-state index contributed by atoms with van der Waals surface area (Å²) in [7, 11) is -3.49. The minimum absolute atomic E-state index is 0.351. The van der Waals surface area contributed by atoms with Gasteiger partial charge in [0.05, 0.1) is 4.90 Å². The predicted molar refractivity (Wildman–Crippen MR) is 97.8 cm³/mol. The molecule has 0 aliphatic rings. The Kier molecular flexibility index (Phi) is 4.47. The van der Waals surface area contributed by atoms with Gasteiger partial charge in [0.1, 0.15) is 0 Å². The lowest BCUT2D eigenvalue weighted by Crippen LogP contribution is -2.26. The molecular weight excluding hydrogens is 320 g/mol. The Morgan fingerprint density at radius 1 is 1.04 bits per heavy atom. The lowest BCUT2D eigenvalue weighted by molar-refractivity contribution is 0.581. The Bertz CT molecular complexity index is 988. The molecular formula is C19H22N2O2S. The highest BCUT2D eigenvalue weighted by atomic mass is 32.2. The summed E-state index contributed by atoms with van der Waals surface area (Å²) >= 11 is 0. The van der Waals surface area contributed by atoms with E-state index in [0.29, 0.717) is 17.9 Å². The topological polar surface area (TPSA) is 62.0 Å². The molecule has 24 heavy (non-hydrogen) atoms. The average molecular weight is 342 g/mol. The van der Waals surface area contributed by atoms with Crippen LogP contribution in [-0.4, -0.2) is 19.9 Å². The zero-order valence-corrected chi connectivity index (χ0v) is 15.0. The SMILES string of the molecule is Cc1ccc(S(=O)(=O)NCCc2c(C)[nH]c3ccccc23)c(C)c1. The maximum atomic E-state index is 12.5. The predicted octanol–water partition coefficient (Wildman–Crippen LogP) is 3.61. The molecule has 0 unspecified atom stereocenters. The number of rotatable bonds is 5. The second kappa shape index (κ2) is 6.42. The van der Waals surface area contributed by atoms with Gasteiger partial charge >= 0.3 is 0 Å². The quantitative estimate of drug-likeness (QED) is 0.744. The maximum Gasteiger partial charge on any atom is 0.240 e. The second-order valence-electron chi connectivity index (χ2n) is 6.19. The Morgan fingerprint density at radius 3 is 2.54 bits per heavy atom. The largest absolute Gasteiger partial charge is 0.358 e. The highest BCUT2D eigenvalue weighted by molar-refractivity contribution is 7.89. The van der Waals surface area contributed by atoms with Gasteiger partial charge in [-0.2, -0.15) is 0 Å². The van der Waals surface area contributed by atoms with Gasteiger partial charge < -0.3 is 4.98 Å². The van der Waals surface area contributed by atoms with Gasteiger partial charge in [-0.3, -0.25) is 0 Å². The van der Waals surface area contributed by atoms with Gasteiger partial charge in [0.2, 0.25) is 10.0 Å². The smallest absolute Gasteiger partial charge is 0.240 e. The van der Waals surface area contributed by atoms with Crippen molar-refractivity contribution >= 4 is 20.9 Å². The van der Waals surface area contributed by atoms with E-state index in [4.69, 9.17) is 0 Å². The van der Waals surface area contributed by atoms with E-state index < -0.39 is 10.0 Å². The minimum atomic E-state index is -3.49. The summed E-state index contributed by atoms with van der Waals surface area (Å²) in [5.74, 6) is 0.